The molecular formula is C23H35NO. The summed E-state index contributed by atoms with van der Waals surface area (Å²) in [4.78, 5) is 0. The Morgan fingerprint density at radius 1 is 0.960 bits per heavy atom. The molecule has 25 heavy (non-hydrogen) atoms. The van der Waals surface area contributed by atoms with Gasteiger partial charge in [-0.05, 0) is 47.4 Å². The molecule has 0 aliphatic rings. The molecule has 1 aromatic carbocycles. The Kier molecular flexibility index (Phi) is 7.74. The summed E-state index contributed by atoms with van der Waals surface area (Å²) in [6.07, 6.45) is 10.0. The summed E-state index contributed by atoms with van der Waals surface area (Å²) in [5, 5.41) is 20.0. The van der Waals surface area contributed by atoms with Gasteiger partial charge in [0.05, 0.1) is 6.07 Å². The van der Waals surface area contributed by atoms with Crippen LogP contribution in [0.1, 0.15) is 96.8 Å². The van der Waals surface area contributed by atoms with Crippen molar-refractivity contribution in [3.8, 4) is 11.8 Å². The summed E-state index contributed by atoms with van der Waals surface area (Å²) < 4.78 is 0. The van der Waals surface area contributed by atoms with E-state index in [4.69, 9.17) is 5.26 Å². The Morgan fingerprint density at radius 3 is 1.76 bits per heavy atom. The molecule has 0 aliphatic heterocycles. The zero-order valence-electron chi connectivity index (χ0n) is 16.9. The highest BCUT2D eigenvalue weighted by molar-refractivity contribution is 5.60. The summed E-state index contributed by atoms with van der Waals surface area (Å²) in [5.41, 5.74) is 2.82. The van der Waals surface area contributed by atoms with E-state index in [1.54, 1.807) is 0 Å². The van der Waals surface area contributed by atoms with E-state index in [2.05, 4.69) is 59.7 Å². The maximum atomic E-state index is 11.1. The third kappa shape index (κ3) is 5.63. The third-order valence-electron chi connectivity index (χ3n) is 5.25. The number of hydrogen-bond donors (Lipinski definition) is 1. The smallest absolute Gasteiger partial charge is 0.123 e. The van der Waals surface area contributed by atoms with Gasteiger partial charge in [0.1, 0.15) is 5.75 Å². The number of nitriles is 1. The Hall–Kier alpha value is -1.75. The molecular weight excluding hydrogens is 306 g/mol. The topological polar surface area (TPSA) is 44.0 Å². The Labute approximate surface area is 154 Å². The highest BCUT2D eigenvalue weighted by atomic mass is 16.3. The van der Waals surface area contributed by atoms with Crippen LogP contribution in [0.2, 0.25) is 0 Å². The first-order chi connectivity index (χ1) is 11.7. The van der Waals surface area contributed by atoms with Crippen LogP contribution in [0.4, 0.5) is 0 Å². The molecule has 1 aromatic rings. The van der Waals surface area contributed by atoms with Crippen molar-refractivity contribution in [3.05, 3.63) is 34.9 Å². The van der Waals surface area contributed by atoms with Gasteiger partial charge >= 0.3 is 0 Å². The van der Waals surface area contributed by atoms with Crippen molar-refractivity contribution in [3.63, 3.8) is 0 Å². The lowest BCUT2D eigenvalue weighted by molar-refractivity contribution is 0.383. The quantitative estimate of drug-likeness (QED) is 0.498. The molecule has 138 valence electrons. The predicted molar refractivity (Wildman–Crippen MR) is 108 cm³/mol. The van der Waals surface area contributed by atoms with Gasteiger partial charge in [-0.3, -0.25) is 0 Å². The van der Waals surface area contributed by atoms with Gasteiger partial charge in [-0.1, -0.05) is 67.2 Å². The minimum absolute atomic E-state index is 0.0911. The average Bonchev–Trinajstić information content (AvgIpc) is 2.56. The highest BCUT2D eigenvalue weighted by Gasteiger charge is 2.30. The number of aromatic hydroxyl groups is 1. The van der Waals surface area contributed by atoms with Crippen LogP contribution in [0.3, 0.4) is 0 Å². The fraction of sp³-hybridized carbons (Fsp3) is 0.609. The molecule has 0 saturated heterocycles. The second kappa shape index (κ2) is 9.09. The second-order valence-corrected chi connectivity index (χ2v) is 8.40. The lowest BCUT2D eigenvalue weighted by Crippen LogP contribution is -2.22. The molecule has 0 bridgehead atoms. The molecule has 0 fully saturated rings. The molecule has 0 atom stereocenters. The number of nitrogens with zero attached hydrogens (tertiary/aromatic N) is 1. The van der Waals surface area contributed by atoms with Gasteiger partial charge in [0.2, 0.25) is 0 Å². The second-order valence-electron chi connectivity index (χ2n) is 8.40. The summed E-state index contributed by atoms with van der Waals surface area (Å²) in [6.45, 7) is 13.2. The van der Waals surface area contributed by atoms with Crippen molar-refractivity contribution >= 4 is 6.08 Å². The predicted octanol–water partition coefficient (Wildman–Crippen LogP) is 6.86. The van der Waals surface area contributed by atoms with E-state index >= 15 is 0 Å². The highest BCUT2D eigenvalue weighted by Crippen LogP contribution is 2.43. The summed E-state index contributed by atoms with van der Waals surface area (Å²) >= 11 is 0. The van der Waals surface area contributed by atoms with Crippen LogP contribution in [0, 0.1) is 11.3 Å². The molecule has 0 saturated carbocycles. The van der Waals surface area contributed by atoms with Crippen LogP contribution in [-0.2, 0) is 10.8 Å². The molecule has 0 aromatic heterocycles. The van der Waals surface area contributed by atoms with Gasteiger partial charge in [0.15, 0.2) is 0 Å². The van der Waals surface area contributed by atoms with Crippen LogP contribution >= 0.6 is 0 Å². The van der Waals surface area contributed by atoms with Crippen molar-refractivity contribution in [2.45, 2.75) is 90.9 Å². The zero-order valence-corrected chi connectivity index (χ0v) is 16.9. The first-order valence-corrected chi connectivity index (χ1v) is 9.63. The fourth-order valence-electron chi connectivity index (χ4n) is 3.43. The lowest BCUT2D eigenvalue weighted by atomic mass is 9.73. The Bertz CT molecular complexity index is 591. The van der Waals surface area contributed by atoms with E-state index in [0.29, 0.717) is 5.75 Å². The van der Waals surface area contributed by atoms with E-state index in [1.165, 1.54) is 6.08 Å². The van der Waals surface area contributed by atoms with E-state index < -0.39 is 0 Å². The SMILES string of the molecule is CCCCC(C)(C)c1cc(C=CC#N)cc(C(C)(C)CCCC)c1O. The van der Waals surface area contributed by atoms with Crippen LogP contribution in [0.15, 0.2) is 18.2 Å². The molecule has 0 heterocycles. The molecule has 2 nitrogen and oxygen atoms in total. The Balaban J connectivity index is 3.49. The lowest BCUT2D eigenvalue weighted by Gasteiger charge is -2.32. The van der Waals surface area contributed by atoms with Crippen LogP contribution < -0.4 is 0 Å². The van der Waals surface area contributed by atoms with Crippen molar-refractivity contribution in [1.29, 1.82) is 5.26 Å². The molecule has 0 unspecified atom stereocenters. The van der Waals surface area contributed by atoms with Gasteiger partial charge in [0, 0.05) is 17.2 Å². The van der Waals surface area contributed by atoms with E-state index in [9.17, 15) is 5.11 Å². The van der Waals surface area contributed by atoms with E-state index in [-0.39, 0.29) is 10.8 Å². The number of allylic oxidation sites excluding steroid dienone is 1. The van der Waals surface area contributed by atoms with Gasteiger partial charge in [-0.25, -0.2) is 0 Å². The first-order valence-electron chi connectivity index (χ1n) is 9.63. The van der Waals surface area contributed by atoms with Crippen molar-refractivity contribution in [2.75, 3.05) is 0 Å². The molecule has 0 amide bonds. The maximum Gasteiger partial charge on any atom is 0.123 e. The molecule has 0 aliphatic carbocycles. The minimum Gasteiger partial charge on any atom is -0.507 e. The normalized spacial score (nSPS) is 12.5. The molecule has 1 rings (SSSR count). The van der Waals surface area contributed by atoms with Gasteiger partial charge in [-0.15, -0.1) is 0 Å². The number of rotatable bonds is 9. The number of hydrogen-bond acceptors (Lipinski definition) is 2. The number of benzene rings is 1. The Morgan fingerprint density at radius 2 is 1.40 bits per heavy atom. The average molecular weight is 342 g/mol. The third-order valence-corrected chi connectivity index (χ3v) is 5.25. The number of phenolic OH excluding ortho intramolecular Hbond substituents is 1. The van der Waals surface area contributed by atoms with Crippen LogP contribution in [0.5, 0.6) is 5.75 Å². The summed E-state index contributed by atoms with van der Waals surface area (Å²) in [7, 11) is 0. The van der Waals surface area contributed by atoms with E-state index in [0.717, 1.165) is 55.2 Å². The largest absolute Gasteiger partial charge is 0.507 e. The number of unbranched alkanes of at least 4 members (excludes halogenated alkanes) is 2. The van der Waals surface area contributed by atoms with Crippen molar-refractivity contribution < 1.29 is 5.11 Å². The van der Waals surface area contributed by atoms with Crippen molar-refractivity contribution in [2.24, 2.45) is 0 Å². The molecule has 0 spiro atoms. The van der Waals surface area contributed by atoms with Crippen LogP contribution in [-0.4, -0.2) is 5.11 Å². The molecule has 2 heteroatoms. The monoisotopic (exact) mass is 341 g/mol. The molecule has 0 radical (unpaired) electrons. The van der Waals surface area contributed by atoms with Gasteiger partial charge in [-0.2, -0.15) is 5.26 Å². The number of phenols is 1. The van der Waals surface area contributed by atoms with Crippen molar-refractivity contribution in [1.82, 2.24) is 0 Å². The molecule has 1 N–H and O–H groups in total. The van der Waals surface area contributed by atoms with Crippen LogP contribution in [0.25, 0.3) is 6.08 Å². The maximum absolute atomic E-state index is 11.1. The summed E-state index contributed by atoms with van der Waals surface area (Å²) in [5.74, 6) is 0.441. The zero-order chi connectivity index (χ0) is 19.1. The van der Waals surface area contributed by atoms with Gasteiger partial charge in [0.25, 0.3) is 0 Å². The first kappa shape index (κ1) is 21.3. The fourth-order valence-corrected chi connectivity index (χ4v) is 3.43. The van der Waals surface area contributed by atoms with E-state index in [1.807, 2.05) is 6.08 Å². The summed E-state index contributed by atoms with van der Waals surface area (Å²) in [6, 6.07) is 6.18. The van der Waals surface area contributed by atoms with Gasteiger partial charge < -0.3 is 5.11 Å². The minimum atomic E-state index is -0.0911. The standard InChI is InChI=1S/C23H35NO/c1-7-9-13-22(3,4)19-16-18(12-11-15-24)17-20(21(19)25)23(5,6)14-10-8-2/h11-12,16-17,25H,7-10,13-14H2,1-6H3.